The summed E-state index contributed by atoms with van der Waals surface area (Å²) in [5.74, 6) is -0.168. The third-order valence-electron chi connectivity index (χ3n) is 4.88. The molecule has 0 aliphatic carbocycles. The first-order valence-electron chi connectivity index (χ1n) is 9.29. The molecule has 1 heterocycles. The van der Waals surface area contributed by atoms with Crippen LogP contribution in [0.2, 0.25) is 0 Å². The summed E-state index contributed by atoms with van der Waals surface area (Å²) in [5.41, 5.74) is 3.99. The molecule has 0 fully saturated rings. The lowest BCUT2D eigenvalue weighted by Gasteiger charge is -2.27. The number of carbonyl (C=O) groups excluding carboxylic acids is 1. The molecule has 0 saturated carbocycles. The van der Waals surface area contributed by atoms with E-state index in [2.05, 4.69) is 0 Å². The van der Waals surface area contributed by atoms with Gasteiger partial charge < -0.3 is 20.0 Å². The van der Waals surface area contributed by atoms with Crippen LogP contribution in [0.25, 0.3) is 6.08 Å². The fourth-order valence-corrected chi connectivity index (χ4v) is 3.42. The van der Waals surface area contributed by atoms with Crippen molar-refractivity contribution in [2.75, 3.05) is 19.7 Å². The van der Waals surface area contributed by atoms with Gasteiger partial charge in [0.1, 0.15) is 0 Å². The average Bonchev–Trinajstić information content (AvgIpc) is 2.72. The molecule has 6 heteroatoms. The minimum Gasteiger partial charge on any atom is -0.465 e. The van der Waals surface area contributed by atoms with Crippen molar-refractivity contribution in [3.63, 3.8) is 0 Å². The van der Waals surface area contributed by atoms with Gasteiger partial charge in [-0.05, 0) is 34.8 Å². The van der Waals surface area contributed by atoms with Crippen LogP contribution >= 0.6 is 0 Å². The number of hydrogen-bond donors (Lipinski definition) is 2. The molecule has 0 saturated heterocycles. The predicted octanol–water partition coefficient (Wildman–Crippen LogP) is 2.76. The molecule has 1 aliphatic heterocycles. The summed E-state index contributed by atoms with van der Waals surface area (Å²) < 4.78 is 0. The summed E-state index contributed by atoms with van der Waals surface area (Å²) in [5, 5.41) is 18.5. The number of carbonyl (C=O) groups is 2. The topological polar surface area (TPSA) is 81.1 Å². The van der Waals surface area contributed by atoms with E-state index in [9.17, 15) is 19.8 Å². The van der Waals surface area contributed by atoms with E-state index >= 15 is 0 Å². The van der Waals surface area contributed by atoms with E-state index in [0.29, 0.717) is 26.1 Å². The number of rotatable bonds is 6. The summed E-state index contributed by atoms with van der Waals surface area (Å²) in [7, 11) is 0. The van der Waals surface area contributed by atoms with Gasteiger partial charge in [0.25, 0.3) is 0 Å². The highest BCUT2D eigenvalue weighted by atomic mass is 16.4. The van der Waals surface area contributed by atoms with Crippen LogP contribution in [0, 0.1) is 0 Å². The monoisotopic (exact) mass is 380 g/mol. The van der Waals surface area contributed by atoms with Gasteiger partial charge in [-0.15, -0.1) is 0 Å². The van der Waals surface area contributed by atoms with Crippen LogP contribution < -0.4 is 0 Å². The van der Waals surface area contributed by atoms with Crippen molar-refractivity contribution in [3.8, 4) is 0 Å². The third-order valence-corrected chi connectivity index (χ3v) is 4.88. The fraction of sp³-hybridized carbons (Fsp3) is 0.273. The fourth-order valence-electron chi connectivity index (χ4n) is 3.42. The van der Waals surface area contributed by atoms with Crippen LogP contribution in [-0.2, 0) is 24.3 Å². The summed E-state index contributed by atoms with van der Waals surface area (Å²) in [6, 6.07) is 15.4. The van der Waals surface area contributed by atoms with Gasteiger partial charge in [0.15, 0.2) is 0 Å². The molecule has 0 radical (unpaired) electrons. The normalized spacial score (nSPS) is 13.4. The molecule has 2 N–H and O–H groups in total. The number of fused-ring (bicyclic) bond motifs is 1. The standard InChI is InChI=1S/C22H24N2O4/c25-14-13-23(15-17-5-2-1-3-6-17)21(26)10-9-18-7-4-8-19-16-24(22(27)28)12-11-20(18)19/h1-10,25H,11-16H2,(H,27,28)/b10-9+. The number of aliphatic hydroxyl groups is 1. The lowest BCUT2D eigenvalue weighted by Crippen LogP contribution is -2.35. The molecule has 2 aromatic rings. The second-order valence-electron chi connectivity index (χ2n) is 6.74. The SMILES string of the molecule is O=C(O)N1CCc2c(/C=C/C(=O)N(CCO)Cc3ccccc3)cccc2C1. The molecule has 3 rings (SSSR count). The van der Waals surface area contributed by atoms with Crippen LogP contribution in [-0.4, -0.2) is 51.7 Å². The number of carboxylic acid groups (broad SMARTS) is 1. The molecular formula is C22H24N2O4. The third kappa shape index (κ3) is 4.78. The van der Waals surface area contributed by atoms with Crippen molar-refractivity contribution < 1.29 is 19.8 Å². The molecule has 6 nitrogen and oxygen atoms in total. The minimum absolute atomic E-state index is 0.0990. The first-order valence-corrected chi connectivity index (χ1v) is 9.29. The zero-order valence-electron chi connectivity index (χ0n) is 15.6. The van der Waals surface area contributed by atoms with Crippen molar-refractivity contribution in [1.82, 2.24) is 9.80 Å². The van der Waals surface area contributed by atoms with Gasteiger partial charge in [-0.3, -0.25) is 4.79 Å². The number of nitrogens with zero attached hydrogens (tertiary/aromatic N) is 2. The molecule has 0 atom stereocenters. The first kappa shape index (κ1) is 19.6. The van der Waals surface area contributed by atoms with Crippen molar-refractivity contribution in [3.05, 3.63) is 76.9 Å². The highest BCUT2D eigenvalue weighted by Crippen LogP contribution is 2.23. The van der Waals surface area contributed by atoms with Crippen molar-refractivity contribution >= 4 is 18.1 Å². The number of amides is 2. The van der Waals surface area contributed by atoms with E-state index in [1.165, 1.54) is 11.0 Å². The Balaban J connectivity index is 1.74. The Hall–Kier alpha value is -3.12. The molecule has 2 amide bonds. The maximum atomic E-state index is 12.7. The summed E-state index contributed by atoms with van der Waals surface area (Å²) >= 11 is 0. The Morgan fingerprint density at radius 3 is 2.61 bits per heavy atom. The Bertz CT molecular complexity index is 864. The molecular weight excluding hydrogens is 356 g/mol. The summed E-state index contributed by atoms with van der Waals surface area (Å²) in [4.78, 5) is 26.9. The van der Waals surface area contributed by atoms with E-state index in [-0.39, 0.29) is 19.1 Å². The number of aliphatic hydroxyl groups excluding tert-OH is 1. The van der Waals surface area contributed by atoms with Crippen molar-refractivity contribution in [2.45, 2.75) is 19.5 Å². The van der Waals surface area contributed by atoms with Gasteiger partial charge in [0.05, 0.1) is 6.61 Å². The largest absolute Gasteiger partial charge is 0.465 e. The van der Waals surface area contributed by atoms with Crippen LogP contribution in [0.1, 0.15) is 22.3 Å². The van der Waals surface area contributed by atoms with Gasteiger partial charge in [-0.2, -0.15) is 0 Å². The van der Waals surface area contributed by atoms with E-state index in [0.717, 1.165) is 22.3 Å². The van der Waals surface area contributed by atoms with E-state index in [4.69, 9.17) is 0 Å². The average molecular weight is 380 g/mol. The van der Waals surface area contributed by atoms with Crippen LogP contribution in [0.15, 0.2) is 54.6 Å². The molecule has 0 unspecified atom stereocenters. The lowest BCUT2D eigenvalue weighted by molar-refractivity contribution is -0.127. The Labute approximate surface area is 164 Å². The highest BCUT2D eigenvalue weighted by molar-refractivity contribution is 5.92. The Kier molecular flexibility index (Phi) is 6.45. The van der Waals surface area contributed by atoms with Gasteiger partial charge in [0.2, 0.25) is 5.91 Å². The van der Waals surface area contributed by atoms with Crippen LogP contribution in [0.4, 0.5) is 4.79 Å². The first-order chi connectivity index (χ1) is 13.6. The second-order valence-corrected chi connectivity index (χ2v) is 6.74. The summed E-state index contributed by atoms with van der Waals surface area (Å²) in [6.07, 6.45) is 3.02. The van der Waals surface area contributed by atoms with E-state index in [1.807, 2.05) is 48.5 Å². The molecule has 28 heavy (non-hydrogen) atoms. The zero-order valence-corrected chi connectivity index (χ0v) is 15.6. The maximum Gasteiger partial charge on any atom is 0.407 e. The smallest absolute Gasteiger partial charge is 0.407 e. The molecule has 0 spiro atoms. The molecule has 0 aromatic heterocycles. The van der Waals surface area contributed by atoms with Crippen LogP contribution in [0.5, 0.6) is 0 Å². The van der Waals surface area contributed by atoms with Crippen LogP contribution in [0.3, 0.4) is 0 Å². The van der Waals surface area contributed by atoms with Crippen molar-refractivity contribution in [1.29, 1.82) is 0 Å². The van der Waals surface area contributed by atoms with E-state index in [1.54, 1.807) is 11.0 Å². The number of benzene rings is 2. The molecule has 0 bridgehead atoms. The Morgan fingerprint density at radius 1 is 1.11 bits per heavy atom. The quantitative estimate of drug-likeness (QED) is 0.755. The second kappa shape index (κ2) is 9.19. The molecule has 2 aromatic carbocycles. The van der Waals surface area contributed by atoms with Crippen molar-refractivity contribution in [2.24, 2.45) is 0 Å². The molecule has 146 valence electrons. The lowest BCUT2D eigenvalue weighted by atomic mass is 9.94. The summed E-state index contributed by atoms with van der Waals surface area (Å²) in [6.45, 7) is 1.42. The maximum absolute atomic E-state index is 12.7. The highest BCUT2D eigenvalue weighted by Gasteiger charge is 2.21. The van der Waals surface area contributed by atoms with Gasteiger partial charge in [-0.1, -0.05) is 48.5 Å². The predicted molar refractivity (Wildman–Crippen MR) is 107 cm³/mol. The van der Waals surface area contributed by atoms with Gasteiger partial charge in [-0.25, -0.2) is 4.79 Å². The van der Waals surface area contributed by atoms with Gasteiger partial charge in [0, 0.05) is 32.3 Å². The zero-order chi connectivity index (χ0) is 19.9. The Morgan fingerprint density at radius 2 is 1.89 bits per heavy atom. The minimum atomic E-state index is -0.915. The van der Waals surface area contributed by atoms with E-state index < -0.39 is 6.09 Å². The molecule has 1 aliphatic rings. The van der Waals surface area contributed by atoms with Gasteiger partial charge >= 0.3 is 6.09 Å². The number of hydrogen-bond acceptors (Lipinski definition) is 3.